The molecule has 1 aromatic carbocycles. The number of sulfone groups is 1. The Bertz CT molecular complexity index is 1020. The molecule has 0 spiro atoms. The average Bonchev–Trinajstić information content (AvgIpc) is 3.12. The minimum absolute atomic E-state index is 0.156. The molecule has 1 aliphatic rings. The van der Waals surface area contributed by atoms with Crippen LogP contribution in [0, 0.1) is 23.7 Å². The van der Waals surface area contributed by atoms with Crippen molar-refractivity contribution >= 4 is 21.5 Å². The molecule has 3 atom stereocenters. The van der Waals surface area contributed by atoms with E-state index in [0.717, 1.165) is 17.4 Å². The maximum atomic E-state index is 12.1. The van der Waals surface area contributed by atoms with E-state index in [9.17, 15) is 13.2 Å². The topological polar surface area (TPSA) is 125 Å². The number of carbonyl (C=O) groups is 1. The normalized spacial score (nSPS) is 18.7. The second-order valence-electron chi connectivity index (χ2n) is 6.89. The second kappa shape index (κ2) is 9.10. The first-order valence-electron chi connectivity index (χ1n) is 8.73. The third-order valence-electron chi connectivity index (χ3n) is 4.52. The van der Waals surface area contributed by atoms with Crippen molar-refractivity contribution in [3.05, 3.63) is 35.4 Å². The Morgan fingerprint density at radius 2 is 2.03 bits per heavy atom. The van der Waals surface area contributed by atoms with Crippen LogP contribution in [0.15, 0.2) is 29.4 Å². The monoisotopic (exact) mass is 418 g/mol. The van der Waals surface area contributed by atoms with Gasteiger partial charge in [0.1, 0.15) is 12.2 Å². The first-order chi connectivity index (χ1) is 13.6. The van der Waals surface area contributed by atoms with Crippen LogP contribution in [0.4, 0.5) is 0 Å². The maximum absolute atomic E-state index is 12.1. The molecule has 1 amide bonds. The summed E-state index contributed by atoms with van der Waals surface area (Å²) in [6, 6.07) is 7.16. The number of hydroxylamine groups is 1. The van der Waals surface area contributed by atoms with Gasteiger partial charge in [0, 0.05) is 24.7 Å². The van der Waals surface area contributed by atoms with Crippen molar-refractivity contribution in [2.75, 3.05) is 6.26 Å². The number of nitrogens with zero attached hydrogens (tertiary/aromatic N) is 1. The number of aliphatic hydroxyl groups is 1. The fourth-order valence-electron chi connectivity index (χ4n) is 2.66. The number of amides is 1. The third kappa shape index (κ3) is 5.58. The van der Waals surface area contributed by atoms with Crippen molar-refractivity contribution in [2.45, 2.75) is 43.6 Å². The number of rotatable bonds is 5. The van der Waals surface area contributed by atoms with Crippen LogP contribution in [-0.4, -0.2) is 53.6 Å². The summed E-state index contributed by atoms with van der Waals surface area (Å²) < 4.78 is 22.3. The van der Waals surface area contributed by atoms with Crippen molar-refractivity contribution in [1.82, 2.24) is 5.48 Å². The van der Waals surface area contributed by atoms with Gasteiger partial charge < -0.3 is 9.94 Å². The molecule has 1 aliphatic heterocycles. The summed E-state index contributed by atoms with van der Waals surface area (Å²) in [5, 5.41) is 22.0. The van der Waals surface area contributed by atoms with E-state index in [-0.39, 0.29) is 6.42 Å². The lowest BCUT2D eigenvalue weighted by Gasteiger charge is -2.26. The average molecular weight is 418 g/mol. The lowest BCUT2D eigenvalue weighted by Crippen LogP contribution is -2.51. The molecule has 0 bridgehead atoms. The number of aliphatic hydroxyl groups excluding tert-OH is 1. The molecule has 0 aliphatic carbocycles. The van der Waals surface area contributed by atoms with Crippen LogP contribution < -0.4 is 5.48 Å². The SMILES string of the molecule is CC(O)C#CC#Cc1ccc(C2=NO[C@@H](CC(C)(C(=O)NO)S(C)(=O)=O)C2)cc1. The van der Waals surface area contributed by atoms with Crippen LogP contribution in [0.3, 0.4) is 0 Å². The zero-order valence-electron chi connectivity index (χ0n) is 16.3. The Morgan fingerprint density at radius 1 is 1.38 bits per heavy atom. The predicted octanol–water partition coefficient (Wildman–Crippen LogP) is 0.614. The number of benzene rings is 1. The molecule has 1 aromatic rings. The molecule has 29 heavy (non-hydrogen) atoms. The molecule has 9 heteroatoms. The van der Waals surface area contributed by atoms with Crippen molar-refractivity contribution in [3.8, 4) is 23.7 Å². The van der Waals surface area contributed by atoms with Gasteiger partial charge in [0.2, 0.25) is 0 Å². The molecule has 0 saturated heterocycles. The molecule has 0 saturated carbocycles. The fraction of sp³-hybridized carbons (Fsp3) is 0.400. The van der Waals surface area contributed by atoms with Gasteiger partial charge in [-0.05, 0) is 43.4 Å². The van der Waals surface area contributed by atoms with E-state index in [1.165, 1.54) is 12.4 Å². The van der Waals surface area contributed by atoms with E-state index < -0.39 is 32.7 Å². The molecular weight excluding hydrogens is 396 g/mol. The standard InChI is InChI=1S/C20H22N2O6S/c1-14(23)6-4-5-7-15-8-10-16(11-9-15)18-12-17(28-22-18)13-20(2,19(24)21-25)29(3,26)27/h8-11,14,17,23,25H,12-13H2,1-3H3,(H,21,24)/t14?,17-,20?/m1/s1. The van der Waals surface area contributed by atoms with Gasteiger partial charge in [-0.15, -0.1) is 0 Å². The predicted molar refractivity (Wildman–Crippen MR) is 107 cm³/mol. The smallest absolute Gasteiger partial charge is 0.264 e. The zero-order chi connectivity index (χ0) is 21.7. The number of nitrogens with one attached hydrogen (secondary N) is 1. The number of oxime groups is 1. The van der Waals surface area contributed by atoms with Crippen LogP contribution in [0.5, 0.6) is 0 Å². The summed E-state index contributed by atoms with van der Waals surface area (Å²) >= 11 is 0. The van der Waals surface area contributed by atoms with Crippen LogP contribution in [0.2, 0.25) is 0 Å². The Hall–Kier alpha value is -2.85. The molecule has 2 unspecified atom stereocenters. The molecular formula is C20H22N2O6S. The van der Waals surface area contributed by atoms with Gasteiger partial charge in [0.15, 0.2) is 14.6 Å². The summed E-state index contributed by atoms with van der Waals surface area (Å²) in [6.45, 7) is 2.79. The van der Waals surface area contributed by atoms with E-state index in [4.69, 9.17) is 15.2 Å². The van der Waals surface area contributed by atoms with Crippen molar-refractivity contribution in [3.63, 3.8) is 0 Å². The molecule has 8 nitrogen and oxygen atoms in total. The van der Waals surface area contributed by atoms with E-state index in [1.54, 1.807) is 31.2 Å². The lowest BCUT2D eigenvalue weighted by molar-refractivity contribution is -0.132. The van der Waals surface area contributed by atoms with Gasteiger partial charge in [-0.2, -0.15) is 0 Å². The van der Waals surface area contributed by atoms with Crippen LogP contribution in [-0.2, 0) is 19.5 Å². The highest BCUT2D eigenvalue weighted by atomic mass is 32.2. The number of hydrogen-bond acceptors (Lipinski definition) is 7. The summed E-state index contributed by atoms with van der Waals surface area (Å²) in [6.07, 6.45) is -0.263. The van der Waals surface area contributed by atoms with Gasteiger partial charge in [0.25, 0.3) is 5.91 Å². The highest BCUT2D eigenvalue weighted by Gasteiger charge is 2.47. The molecule has 2 rings (SSSR count). The van der Waals surface area contributed by atoms with E-state index >= 15 is 0 Å². The molecule has 3 N–H and O–H groups in total. The minimum Gasteiger partial charge on any atom is -0.392 e. The Kier molecular flexibility index (Phi) is 7.04. The first-order valence-corrected chi connectivity index (χ1v) is 10.6. The highest BCUT2D eigenvalue weighted by molar-refractivity contribution is 7.92. The fourth-order valence-corrected chi connectivity index (χ4v) is 3.53. The quantitative estimate of drug-likeness (QED) is 0.366. The van der Waals surface area contributed by atoms with E-state index in [2.05, 4.69) is 28.8 Å². The Morgan fingerprint density at radius 3 is 2.59 bits per heavy atom. The third-order valence-corrected chi connectivity index (χ3v) is 6.51. The largest absolute Gasteiger partial charge is 0.392 e. The van der Waals surface area contributed by atoms with Crippen molar-refractivity contribution < 1.29 is 28.4 Å². The Balaban J connectivity index is 2.07. The molecule has 0 radical (unpaired) electrons. The molecule has 1 heterocycles. The van der Waals surface area contributed by atoms with Crippen LogP contribution in [0.25, 0.3) is 0 Å². The van der Waals surface area contributed by atoms with Crippen LogP contribution >= 0.6 is 0 Å². The number of hydrogen-bond donors (Lipinski definition) is 3. The van der Waals surface area contributed by atoms with E-state index in [0.29, 0.717) is 12.1 Å². The zero-order valence-corrected chi connectivity index (χ0v) is 17.1. The van der Waals surface area contributed by atoms with Gasteiger partial charge >= 0.3 is 0 Å². The van der Waals surface area contributed by atoms with Gasteiger partial charge in [-0.25, -0.2) is 13.9 Å². The van der Waals surface area contributed by atoms with E-state index in [1.807, 2.05) is 0 Å². The lowest BCUT2D eigenvalue weighted by atomic mass is 9.96. The summed E-state index contributed by atoms with van der Waals surface area (Å²) in [5.74, 6) is 9.56. The first kappa shape index (κ1) is 22.4. The van der Waals surface area contributed by atoms with Crippen molar-refractivity contribution in [1.29, 1.82) is 0 Å². The van der Waals surface area contributed by atoms with Gasteiger partial charge in [-0.1, -0.05) is 29.1 Å². The number of carbonyl (C=O) groups excluding carboxylic acids is 1. The van der Waals surface area contributed by atoms with Crippen molar-refractivity contribution in [2.24, 2.45) is 5.16 Å². The summed E-state index contributed by atoms with van der Waals surface area (Å²) in [5.41, 5.74) is 3.54. The summed E-state index contributed by atoms with van der Waals surface area (Å²) in [7, 11) is -3.81. The highest BCUT2D eigenvalue weighted by Crippen LogP contribution is 2.29. The maximum Gasteiger partial charge on any atom is 0.264 e. The van der Waals surface area contributed by atoms with Gasteiger partial charge in [0.05, 0.1) is 5.71 Å². The Labute approximate surface area is 169 Å². The molecule has 0 fully saturated rings. The van der Waals surface area contributed by atoms with Gasteiger partial charge in [-0.3, -0.25) is 10.0 Å². The molecule has 0 aromatic heterocycles. The second-order valence-corrected chi connectivity index (χ2v) is 9.34. The van der Waals surface area contributed by atoms with Crippen LogP contribution in [0.1, 0.15) is 37.8 Å². The summed E-state index contributed by atoms with van der Waals surface area (Å²) in [4.78, 5) is 17.3. The minimum atomic E-state index is -3.81. The molecule has 154 valence electrons.